The van der Waals surface area contributed by atoms with Crippen molar-refractivity contribution in [3.8, 4) is 0 Å². The van der Waals surface area contributed by atoms with Gasteiger partial charge in [-0.15, -0.1) is 0 Å². The average Bonchev–Trinajstić information content (AvgIpc) is 2.30. The van der Waals surface area contributed by atoms with Crippen LogP contribution in [0.15, 0.2) is 0 Å². The van der Waals surface area contributed by atoms with Crippen molar-refractivity contribution in [2.24, 2.45) is 5.41 Å². The van der Waals surface area contributed by atoms with Gasteiger partial charge in [-0.1, -0.05) is 12.8 Å². The number of sulfone groups is 1. The lowest BCUT2D eigenvalue weighted by molar-refractivity contribution is -0.154. The molecule has 0 spiro atoms. The molecule has 6 heteroatoms. The molecule has 0 bridgehead atoms. The molecule has 1 saturated carbocycles. The molecule has 0 radical (unpaired) electrons. The van der Waals surface area contributed by atoms with Crippen molar-refractivity contribution in [3.63, 3.8) is 0 Å². The molecule has 0 aromatic carbocycles. The van der Waals surface area contributed by atoms with E-state index in [0.29, 0.717) is 19.5 Å². The minimum atomic E-state index is -2.90. The number of hydrogen-bond acceptors (Lipinski definition) is 4. The van der Waals surface area contributed by atoms with E-state index < -0.39 is 21.2 Å². The topological polar surface area (TPSA) is 74.7 Å². The number of nitrogens with zero attached hydrogens (tertiary/aromatic N) is 1. The first kappa shape index (κ1) is 13.8. The summed E-state index contributed by atoms with van der Waals surface area (Å²) < 4.78 is 22.9. The number of carboxylic acid groups (broad SMARTS) is 1. The molecule has 1 saturated heterocycles. The smallest absolute Gasteiger partial charge is 0.310 e. The summed E-state index contributed by atoms with van der Waals surface area (Å²) in [4.78, 5) is 13.6. The van der Waals surface area contributed by atoms with Crippen LogP contribution in [0.25, 0.3) is 0 Å². The summed E-state index contributed by atoms with van der Waals surface area (Å²) >= 11 is 0. The molecule has 2 fully saturated rings. The van der Waals surface area contributed by atoms with Gasteiger partial charge in [0.1, 0.15) is 0 Å². The summed E-state index contributed by atoms with van der Waals surface area (Å²) in [7, 11) is -2.90. The van der Waals surface area contributed by atoms with Crippen LogP contribution in [0.5, 0.6) is 0 Å². The van der Waals surface area contributed by atoms with Crippen molar-refractivity contribution in [2.45, 2.75) is 38.6 Å². The van der Waals surface area contributed by atoms with Gasteiger partial charge in [0.2, 0.25) is 0 Å². The highest BCUT2D eigenvalue weighted by Gasteiger charge is 2.46. The number of hydrogen-bond donors (Lipinski definition) is 1. The fraction of sp³-hybridized carbons (Fsp3) is 0.917. The molecule has 0 aromatic heterocycles. The Morgan fingerprint density at radius 1 is 1.28 bits per heavy atom. The Morgan fingerprint density at radius 2 is 1.89 bits per heavy atom. The summed E-state index contributed by atoms with van der Waals surface area (Å²) in [6.45, 7) is 2.77. The van der Waals surface area contributed by atoms with E-state index in [-0.39, 0.29) is 17.5 Å². The van der Waals surface area contributed by atoms with Crippen LogP contribution in [0.1, 0.15) is 32.6 Å². The Kier molecular flexibility index (Phi) is 3.69. The molecule has 0 aromatic rings. The van der Waals surface area contributed by atoms with Crippen LogP contribution in [-0.4, -0.2) is 55.0 Å². The minimum Gasteiger partial charge on any atom is -0.481 e. The molecule has 18 heavy (non-hydrogen) atoms. The highest BCUT2D eigenvalue weighted by molar-refractivity contribution is 7.91. The van der Waals surface area contributed by atoms with Crippen molar-refractivity contribution in [3.05, 3.63) is 0 Å². The van der Waals surface area contributed by atoms with E-state index in [0.717, 1.165) is 19.3 Å². The quantitative estimate of drug-likeness (QED) is 0.805. The second kappa shape index (κ2) is 4.81. The molecule has 104 valence electrons. The highest BCUT2D eigenvalue weighted by atomic mass is 32.2. The van der Waals surface area contributed by atoms with Crippen molar-refractivity contribution < 1.29 is 18.3 Å². The van der Waals surface area contributed by atoms with Gasteiger partial charge in [-0.3, -0.25) is 9.69 Å². The van der Waals surface area contributed by atoms with Gasteiger partial charge in [-0.05, 0) is 19.8 Å². The van der Waals surface area contributed by atoms with Crippen LogP contribution in [0, 0.1) is 5.41 Å². The van der Waals surface area contributed by atoms with Crippen LogP contribution in [-0.2, 0) is 14.6 Å². The lowest BCUT2D eigenvalue weighted by Crippen LogP contribution is -2.56. The standard InChI is InChI=1S/C12H21NO4S/c1-12(11(14)15)5-3-2-4-10(12)13-6-8-18(16,17)9-7-13/h10H,2-9H2,1H3,(H,14,15). The van der Waals surface area contributed by atoms with Gasteiger partial charge in [-0.2, -0.15) is 0 Å². The summed E-state index contributed by atoms with van der Waals surface area (Å²) in [6.07, 6.45) is 3.54. The second-order valence-corrected chi connectivity index (χ2v) is 7.98. The van der Waals surface area contributed by atoms with Gasteiger partial charge < -0.3 is 5.11 Å². The van der Waals surface area contributed by atoms with Gasteiger partial charge in [0, 0.05) is 19.1 Å². The fourth-order valence-electron chi connectivity index (χ4n) is 3.19. The molecule has 1 aliphatic heterocycles. The predicted molar refractivity (Wildman–Crippen MR) is 68.2 cm³/mol. The fourth-order valence-corrected chi connectivity index (χ4v) is 4.42. The third kappa shape index (κ3) is 2.54. The Hall–Kier alpha value is -0.620. The van der Waals surface area contributed by atoms with E-state index >= 15 is 0 Å². The van der Waals surface area contributed by atoms with Crippen LogP contribution >= 0.6 is 0 Å². The number of carbonyl (C=O) groups is 1. The van der Waals surface area contributed by atoms with Crippen molar-refractivity contribution in [1.82, 2.24) is 4.90 Å². The maximum Gasteiger partial charge on any atom is 0.310 e. The Balaban J connectivity index is 2.13. The maximum absolute atomic E-state index is 11.5. The number of rotatable bonds is 2. The third-order valence-electron chi connectivity index (χ3n) is 4.47. The van der Waals surface area contributed by atoms with E-state index in [1.165, 1.54) is 0 Å². The summed E-state index contributed by atoms with van der Waals surface area (Å²) in [6, 6.07) is -0.0146. The van der Waals surface area contributed by atoms with Crippen LogP contribution in [0.3, 0.4) is 0 Å². The Labute approximate surface area is 108 Å². The molecule has 0 amide bonds. The van der Waals surface area contributed by atoms with Gasteiger partial charge in [0.05, 0.1) is 16.9 Å². The molecular weight excluding hydrogens is 254 g/mol. The number of carboxylic acids is 1. The highest BCUT2D eigenvalue weighted by Crippen LogP contribution is 2.39. The van der Waals surface area contributed by atoms with Crippen molar-refractivity contribution in [1.29, 1.82) is 0 Å². The normalized spacial score (nSPS) is 37.3. The lowest BCUT2D eigenvalue weighted by atomic mass is 9.71. The Morgan fingerprint density at radius 3 is 2.44 bits per heavy atom. The first-order valence-electron chi connectivity index (χ1n) is 6.53. The third-order valence-corrected chi connectivity index (χ3v) is 6.08. The van der Waals surface area contributed by atoms with Crippen LogP contribution < -0.4 is 0 Å². The minimum absolute atomic E-state index is 0.0146. The first-order valence-corrected chi connectivity index (χ1v) is 8.35. The first-order chi connectivity index (χ1) is 8.35. The lowest BCUT2D eigenvalue weighted by Gasteiger charge is -2.45. The SMILES string of the molecule is CC1(C(=O)O)CCCCC1N1CCS(=O)(=O)CC1. The molecule has 2 rings (SSSR count). The van der Waals surface area contributed by atoms with E-state index in [9.17, 15) is 18.3 Å². The van der Waals surface area contributed by atoms with Crippen molar-refractivity contribution in [2.75, 3.05) is 24.6 Å². The summed E-state index contributed by atoms with van der Waals surface area (Å²) in [5, 5.41) is 9.46. The zero-order valence-electron chi connectivity index (χ0n) is 10.8. The number of aliphatic carboxylic acids is 1. The molecule has 1 aliphatic carbocycles. The second-order valence-electron chi connectivity index (χ2n) is 5.67. The van der Waals surface area contributed by atoms with Crippen molar-refractivity contribution >= 4 is 15.8 Å². The van der Waals surface area contributed by atoms with E-state index in [4.69, 9.17) is 0 Å². The summed E-state index contributed by atoms with van der Waals surface area (Å²) in [5.41, 5.74) is -0.723. The average molecular weight is 275 g/mol. The molecule has 2 unspecified atom stereocenters. The monoisotopic (exact) mass is 275 g/mol. The Bertz CT molecular complexity index is 419. The maximum atomic E-state index is 11.5. The molecule has 2 aliphatic rings. The van der Waals surface area contributed by atoms with Crippen LogP contribution in [0.4, 0.5) is 0 Å². The van der Waals surface area contributed by atoms with Gasteiger partial charge >= 0.3 is 5.97 Å². The van der Waals surface area contributed by atoms with Gasteiger partial charge in [0.15, 0.2) is 9.84 Å². The zero-order valence-corrected chi connectivity index (χ0v) is 11.6. The molecule has 2 atom stereocenters. The zero-order chi connectivity index (χ0) is 13.4. The largest absolute Gasteiger partial charge is 0.481 e. The van der Waals surface area contributed by atoms with E-state index in [1.807, 2.05) is 6.92 Å². The molecule has 1 N–H and O–H groups in total. The van der Waals surface area contributed by atoms with E-state index in [1.54, 1.807) is 0 Å². The molecule has 1 heterocycles. The van der Waals surface area contributed by atoms with E-state index in [2.05, 4.69) is 4.90 Å². The summed E-state index contributed by atoms with van der Waals surface area (Å²) in [5.74, 6) is -0.418. The van der Waals surface area contributed by atoms with Crippen LogP contribution in [0.2, 0.25) is 0 Å². The van der Waals surface area contributed by atoms with Gasteiger partial charge in [0.25, 0.3) is 0 Å². The van der Waals surface area contributed by atoms with Gasteiger partial charge in [-0.25, -0.2) is 8.42 Å². The predicted octanol–water partition coefficient (Wildman–Crippen LogP) is 0.750. The molecular formula is C12H21NO4S. The molecule has 5 nitrogen and oxygen atoms in total.